The van der Waals surface area contributed by atoms with Gasteiger partial charge in [-0.15, -0.1) is 11.8 Å². The predicted molar refractivity (Wildman–Crippen MR) is 109 cm³/mol. The number of hydrogen-bond donors (Lipinski definition) is 1. The van der Waals surface area contributed by atoms with E-state index in [2.05, 4.69) is 10.3 Å². The van der Waals surface area contributed by atoms with Gasteiger partial charge in [0.25, 0.3) is 0 Å². The largest absolute Gasteiger partial charge is 0.444 e. The number of amides is 1. The molecule has 0 aliphatic heterocycles. The van der Waals surface area contributed by atoms with Crippen molar-refractivity contribution in [2.24, 2.45) is 0 Å². The maximum atomic E-state index is 12.7. The van der Waals surface area contributed by atoms with Crippen LogP contribution >= 0.6 is 11.8 Å². The number of carbonyl (C=O) groups is 2. The second kappa shape index (κ2) is 10.1. The van der Waals surface area contributed by atoms with Crippen molar-refractivity contribution in [3.63, 3.8) is 0 Å². The number of Topliss-reactive ketones (excluding diaryl/α,β-unsaturated/α-hetero) is 1. The van der Waals surface area contributed by atoms with E-state index in [4.69, 9.17) is 4.74 Å². The Hall–Kier alpha value is -2.34. The number of ketones is 1. The summed E-state index contributed by atoms with van der Waals surface area (Å²) in [6.07, 6.45) is 1.59. The number of ether oxygens (including phenoxy) is 1. The van der Waals surface area contributed by atoms with E-state index < -0.39 is 17.7 Å². The van der Waals surface area contributed by atoms with Crippen LogP contribution in [0.15, 0.2) is 54.7 Å². The fraction of sp³-hybridized carbons (Fsp3) is 0.381. The molecule has 1 atom stereocenters. The maximum Gasteiger partial charge on any atom is 0.408 e. The molecule has 27 heavy (non-hydrogen) atoms. The summed E-state index contributed by atoms with van der Waals surface area (Å²) in [6, 6.07) is 14.7. The van der Waals surface area contributed by atoms with Gasteiger partial charge in [0.05, 0.1) is 17.5 Å². The Labute approximate surface area is 164 Å². The molecule has 0 saturated heterocycles. The van der Waals surface area contributed by atoms with Crippen molar-refractivity contribution >= 4 is 23.6 Å². The summed E-state index contributed by atoms with van der Waals surface area (Å²) in [5, 5.41) is 2.73. The minimum atomic E-state index is -0.626. The third-order valence-electron chi connectivity index (χ3n) is 3.58. The minimum absolute atomic E-state index is 0.0364. The molecule has 1 amide bonds. The zero-order valence-corrected chi connectivity index (χ0v) is 16.8. The third kappa shape index (κ3) is 8.26. The molecule has 6 heteroatoms. The van der Waals surface area contributed by atoms with E-state index in [1.807, 2.05) is 48.5 Å². The maximum absolute atomic E-state index is 12.7. The van der Waals surface area contributed by atoms with Crippen LogP contribution in [0.2, 0.25) is 0 Å². The zero-order chi connectivity index (χ0) is 19.7. The van der Waals surface area contributed by atoms with E-state index >= 15 is 0 Å². The molecular weight excluding hydrogens is 360 g/mol. The Morgan fingerprint density at radius 2 is 1.81 bits per heavy atom. The van der Waals surface area contributed by atoms with Gasteiger partial charge in [-0.25, -0.2) is 4.79 Å². The van der Waals surface area contributed by atoms with E-state index in [0.717, 1.165) is 11.3 Å². The molecule has 0 aliphatic rings. The lowest BCUT2D eigenvalue weighted by Crippen LogP contribution is -2.45. The zero-order valence-electron chi connectivity index (χ0n) is 16.0. The molecule has 2 aromatic rings. The molecule has 1 aromatic carbocycles. The van der Waals surface area contributed by atoms with Gasteiger partial charge in [0.2, 0.25) is 0 Å². The van der Waals surface area contributed by atoms with Gasteiger partial charge >= 0.3 is 6.09 Å². The first kappa shape index (κ1) is 21.0. The first-order valence-electron chi connectivity index (χ1n) is 8.87. The summed E-state index contributed by atoms with van der Waals surface area (Å²) in [4.78, 5) is 29.1. The molecule has 0 fully saturated rings. The number of nitrogens with one attached hydrogen (secondary N) is 1. The fourth-order valence-electron chi connectivity index (χ4n) is 2.39. The summed E-state index contributed by atoms with van der Waals surface area (Å²) in [5.41, 5.74) is 1.30. The van der Waals surface area contributed by atoms with Crippen LogP contribution in [0.1, 0.15) is 32.0 Å². The average Bonchev–Trinajstić information content (AvgIpc) is 2.61. The van der Waals surface area contributed by atoms with Crippen molar-refractivity contribution < 1.29 is 14.3 Å². The number of carbonyl (C=O) groups excluding carboxylic acids is 2. The van der Waals surface area contributed by atoms with Crippen molar-refractivity contribution in [1.29, 1.82) is 0 Å². The smallest absolute Gasteiger partial charge is 0.408 e. The molecule has 0 radical (unpaired) electrons. The summed E-state index contributed by atoms with van der Waals surface area (Å²) >= 11 is 1.49. The Kier molecular flexibility index (Phi) is 7.85. The van der Waals surface area contributed by atoms with E-state index in [-0.39, 0.29) is 5.78 Å². The quantitative estimate of drug-likeness (QED) is 0.742. The lowest BCUT2D eigenvalue weighted by molar-refractivity contribution is -0.118. The second-order valence-corrected chi connectivity index (χ2v) is 8.15. The number of aromatic nitrogens is 1. The van der Waals surface area contributed by atoms with E-state index in [0.29, 0.717) is 17.9 Å². The van der Waals surface area contributed by atoms with Gasteiger partial charge in [0.1, 0.15) is 5.60 Å². The van der Waals surface area contributed by atoms with E-state index in [1.54, 1.807) is 27.0 Å². The summed E-state index contributed by atoms with van der Waals surface area (Å²) in [5.74, 6) is 0.909. The molecule has 0 spiro atoms. The average molecular weight is 387 g/mol. The van der Waals surface area contributed by atoms with E-state index in [1.165, 1.54) is 11.8 Å². The van der Waals surface area contributed by atoms with Crippen LogP contribution in [-0.4, -0.2) is 34.3 Å². The lowest BCUT2D eigenvalue weighted by atomic mass is 10.0. The second-order valence-electron chi connectivity index (χ2n) is 7.17. The lowest BCUT2D eigenvalue weighted by Gasteiger charge is -2.23. The van der Waals surface area contributed by atoms with Crippen molar-refractivity contribution in [1.82, 2.24) is 10.3 Å². The number of nitrogens with zero attached hydrogens (tertiary/aromatic N) is 1. The van der Waals surface area contributed by atoms with Gasteiger partial charge in [-0.2, -0.15) is 0 Å². The summed E-state index contributed by atoms with van der Waals surface area (Å²) in [7, 11) is 0. The van der Waals surface area contributed by atoms with Gasteiger partial charge in [0, 0.05) is 11.9 Å². The van der Waals surface area contributed by atoms with Gasteiger partial charge in [-0.1, -0.05) is 36.4 Å². The Morgan fingerprint density at radius 3 is 2.44 bits per heavy atom. The summed E-state index contributed by atoms with van der Waals surface area (Å²) in [6.45, 7) is 5.38. The van der Waals surface area contributed by atoms with Crippen molar-refractivity contribution in [2.75, 3.05) is 5.75 Å². The van der Waals surface area contributed by atoms with Crippen LogP contribution in [-0.2, 0) is 21.7 Å². The Morgan fingerprint density at radius 1 is 1.11 bits per heavy atom. The number of alkyl carbamates (subject to hydrolysis) is 1. The summed E-state index contributed by atoms with van der Waals surface area (Å²) < 4.78 is 5.31. The van der Waals surface area contributed by atoms with Crippen LogP contribution in [0, 0.1) is 0 Å². The number of pyridine rings is 1. The fourth-order valence-corrected chi connectivity index (χ4v) is 3.27. The molecule has 1 aromatic heterocycles. The topological polar surface area (TPSA) is 68.3 Å². The molecule has 1 N–H and O–H groups in total. The third-order valence-corrected chi connectivity index (χ3v) is 4.57. The van der Waals surface area contributed by atoms with Gasteiger partial charge in [0.15, 0.2) is 5.78 Å². The van der Waals surface area contributed by atoms with Gasteiger partial charge < -0.3 is 10.1 Å². The van der Waals surface area contributed by atoms with Crippen LogP contribution < -0.4 is 5.32 Å². The SMILES string of the molecule is CC(C)(C)OC(=O)N[C@@H](Cc1ccccc1)C(=O)CSCc1ccccn1. The number of benzene rings is 1. The van der Waals surface area contributed by atoms with Crippen molar-refractivity contribution in [2.45, 2.75) is 44.6 Å². The standard InChI is InChI=1S/C21H26N2O3S/c1-21(2,3)26-20(25)23-18(13-16-9-5-4-6-10-16)19(24)15-27-14-17-11-7-8-12-22-17/h4-12,18H,13-15H2,1-3H3,(H,23,25)/t18-/m0/s1. The number of rotatable bonds is 8. The normalized spacial score (nSPS) is 12.3. The highest BCUT2D eigenvalue weighted by atomic mass is 32.2. The molecule has 0 unspecified atom stereocenters. The van der Waals surface area contributed by atoms with Crippen molar-refractivity contribution in [3.8, 4) is 0 Å². The number of thioether (sulfide) groups is 1. The monoisotopic (exact) mass is 386 g/mol. The van der Waals surface area contributed by atoms with Crippen molar-refractivity contribution in [3.05, 3.63) is 66.0 Å². The van der Waals surface area contributed by atoms with Crippen LogP contribution in [0.25, 0.3) is 0 Å². The molecule has 0 saturated carbocycles. The molecule has 2 rings (SSSR count). The molecule has 0 bridgehead atoms. The minimum Gasteiger partial charge on any atom is -0.444 e. The van der Waals surface area contributed by atoms with Gasteiger partial charge in [-0.05, 0) is 44.9 Å². The van der Waals surface area contributed by atoms with Crippen LogP contribution in [0.5, 0.6) is 0 Å². The molecule has 1 heterocycles. The molecule has 144 valence electrons. The first-order valence-corrected chi connectivity index (χ1v) is 10.0. The van der Waals surface area contributed by atoms with Crippen LogP contribution in [0.4, 0.5) is 4.79 Å². The van der Waals surface area contributed by atoms with E-state index in [9.17, 15) is 9.59 Å². The highest BCUT2D eigenvalue weighted by Gasteiger charge is 2.24. The first-order chi connectivity index (χ1) is 12.8. The molecule has 5 nitrogen and oxygen atoms in total. The molecule has 0 aliphatic carbocycles. The van der Waals surface area contributed by atoms with Gasteiger partial charge in [-0.3, -0.25) is 9.78 Å². The Bertz CT molecular complexity index is 730. The highest BCUT2D eigenvalue weighted by Crippen LogP contribution is 2.13. The molecular formula is C21H26N2O3S. The number of hydrogen-bond acceptors (Lipinski definition) is 5. The Balaban J connectivity index is 1.96. The highest BCUT2D eigenvalue weighted by molar-refractivity contribution is 7.99. The predicted octanol–water partition coefficient (Wildman–Crippen LogP) is 4.02. The van der Waals surface area contributed by atoms with Crippen LogP contribution in [0.3, 0.4) is 0 Å².